The highest BCUT2D eigenvalue weighted by atomic mass is 32.1. The summed E-state index contributed by atoms with van der Waals surface area (Å²) in [4.78, 5) is 5.11. The summed E-state index contributed by atoms with van der Waals surface area (Å²) in [7, 11) is 2.11. The number of hydrogen-bond donors (Lipinski definition) is 2. The average Bonchev–Trinajstić information content (AvgIpc) is 3.45. The fraction of sp³-hybridized carbons (Fsp3) is 0.200. The van der Waals surface area contributed by atoms with Gasteiger partial charge in [-0.25, -0.2) is 0 Å². The summed E-state index contributed by atoms with van der Waals surface area (Å²) in [6, 6.07) is 15.9. The Morgan fingerprint density at radius 3 is 2.90 bits per heavy atom. The van der Waals surface area contributed by atoms with E-state index < -0.39 is 0 Å². The highest BCUT2D eigenvalue weighted by Crippen LogP contribution is 2.42. The fourth-order valence-electron chi connectivity index (χ4n) is 4.75. The second-order valence-electron chi connectivity index (χ2n) is 8.11. The molecule has 5 aromatic rings. The maximum atomic E-state index is 3.77. The van der Waals surface area contributed by atoms with Gasteiger partial charge < -0.3 is 14.9 Å². The van der Waals surface area contributed by atoms with E-state index in [-0.39, 0.29) is 0 Å². The van der Waals surface area contributed by atoms with Gasteiger partial charge in [0, 0.05) is 65.4 Å². The minimum absolute atomic E-state index is 0.957. The summed E-state index contributed by atoms with van der Waals surface area (Å²) in [5.74, 6) is 0. The van der Waals surface area contributed by atoms with Crippen molar-refractivity contribution in [1.29, 1.82) is 0 Å². The molecule has 3 aromatic heterocycles. The van der Waals surface area contributed by atoms with Crippen molar-refractivity contribution in [3.8, 4) is 21.6 Å². The first-order valence-electron chi connectivity index (χ1n) is 10.2. The zero-order valence-corrected chi connectivity index (χ0v) is 17.5. The van der Waals surface area contributed by atoms with Crippen LogP contribution in [0.5, 0.6) is 0 Å². The van der Waals surface area contributed by atoms with E-state index in [1.165, 1.54) is 60.2 Å². The number of nitrogens with one attached hydrogen (secondary N) is 2. The predicted octanol–water partition coefficient (Wildman–Crippen LogP) is 6.01. The Morgan fingerprint density at radius 2 is 1.97 bits per heavy atom. The van der Waals surface area contributed by atoms with Crippen LogP contribution in [0.2, 0.25) is 0 Å². The Hall–Kier alpha value is -2.82. The van der Waals surface area contributed by atoms with Crippen molar-refractivity contribution < 1.29 is 0 Å². The van der Waals surface area contributed by atoms with E-state index in [0.717, 1.165) is 19.5 Å². The molecule has 2 aromatic carbocycles. The number of nitrogens with zero attached hydrogens (tertiary/aromatic N) is 1. The smallest absolute Gasteiger partial charge is 0.0539 e. The van der Waals surface area contributed by atoms with E-state index >= 15 is 0 Å². The lowest BCUT2D eigenvalue weighted by Gasteiger charge is -2.12. The van der Waals surface area contributed by atoms with E-state index in [1.807, 2.05) is 11.3 Å². The third kappa shape index (κ3) is 2.60. The van der Waals surface area contributed by atoms with Gasteiger partial charge in [0.2, 0.25) is 0 Å². The summed E-state index contributed by atoms with van der Waals surface area (Å²) in [5.41, 5.74) is 10.6. The van der Waals surface area contributed by atoms with E-state index in [0.29, 0.717) is 0 Å². The molecule has 0 atom stereocenters. The van der Waals surface area contributed by atoms with Crippen molar-refractivity contribution in [3.63, 3.8) is 0 Å². The maximum Gasteiger partial charge on any atom is 0.0539 e. The third-order valence-electron chi connectivity index (χ3n) is 6.21. The molecule has 144 valence electrons. The van der Waals surface area contributed by atoms with Gasteiger partial charge in [0.1, 0.15) is 0 Å². The van der Waals surface area contributed by atoms with E-state index in [9.17, 15) is 0 Å². The summed E-state index contributed by atoms with van der Waals surface area (Å²) in [6.07, 6.45) is 3.20. The highest BCUT2D eigenvalue weighted by Gasteiger charge is 2.20. The van der Waals surface area contributed by atoms with E-state index in [1.54, 1.807) is 0 Å². The third-order valence-corrected chi connectivity index (χ3v) is 7.17. The number of rotatable bonds is 2. The molecule has 0 unspecified atom stereocenters. The number of hydrogen-bond acceptors (Lipinski definition) is 2. The SMILES string of the molecule is Cc1cc(-c2ccsc2-c2ccc3ccn(C)c3c2)c2[nH]c3c(c2c1)CNCC3. The lowest BCUT2D eigenvalue weighted by molar-refractivity contribution is 0.641. The molecule has 0 spiro atoms. The molecule has 0 fully saturated rings. The van der Waals surface area contributed by atoms with Crippen LogP contribution in [0.25, 0.3) is 43.4 Å². The predicted molar refractivity (Wildman–Crippen MR) is 124 cm³/mol. The monoisotopic (exact) mass is 397 g/mol. The van der Waals surface area contributed by atoms with Gasteiger partial charge in [-0.2, -0.15) is 0 Å². The fourth-order valence-corrected chi connectivity index (χ4v) is 5.66. The number of aromatic nitrogens is 2. The maximum absolute atomic E-state index is 3.77. The first-order chi connectivity index (χ1) is 14.2. The molecule has 2 N–H and O–H groups in total. The number of benzene rings is 2. The molecule has 1 aliphatic rings. The normalized spacial score (nSPS) is 14.0. The van der Waals surface area contributed by atoms with Crippen LogP contribution in [0.3, 0.4) is 0 Å². The van der Waals surface area contributed by atoms with Gasteiger partial charge in [-0.05, 0) is 64.7 Å². The Balaban J connectivity index is 1.58. The van der Waals surface area contributed by atoms with Crippen molar-refractivity contribution in [2.24, 2.45) is 7.05 Å². The largest absolute Gasteiger partial charge is 0.358 e. The standard InChI is InChI=1S/C25H23N3S/c1-15-11-19(24-20(12-15)21-14-26-8-5-22(21)27-24)18-7-10-29-25(18)17-4-3-16-6-9-28(2)23(16)13-17/h3-4,6-7,9-13,26-27H,5,8,14H2,1-2H3. The quantitative estimate of drug-likeness (QED) is 0.376. The molecule has 0 amide bonds. The minimum atomic E-state index is 0.957. The Labute approximate surface area is 174 Å². The lowest BCUT2D eigenvalue weighted by Crippen LogP contribution is -2.22. The van der Waals surface area contributed by atoms with Crippen molar-refractivity contribution in [1.82, 2.24) is 14.9 Å². The molecule has 29 heavy (non-hydrogen) atoms. The van der Waals surface area contributed by atoms with Crippen LogP contribution in [-0.2, 0) is 20.0 Å². The van der Waals surface area contributed by atoms with Crippen LogP contribution >= 0.6 is 11.3 Å². The molecule has 6 rings (SSSR count). The molecule has 3 nitrogen and oxygen atoms in total. The van der Waals surface area contributed by atoms with Gasteiger partial charge in [0.05, 0.1) is 5.52 Å². The number of H-pyrrole nitrogens is 1. The average molecular weight is 398 g/mol. The summed E-state index contributed by atoms with van der Waals surface area (Å²) in [6.45, 7) is 4.22. The van der Waals surface area contributed by atoms with Crippen LogP contribution in [-0.4, -0.2) is 16.1 Å². The van der Waals surface area contributed by atoms with Gasteiger partial charge in [-0.1, -0.05) is 12.1 Å². The van der Waals surface area contributed by atoms with Crippen LogP contribution in [0.1, 0.15) is 16.8 Å². The second kappa shape index (κ2) is 6.34. The Morgan fingerprint density at radius 1 is 1.03 bits per heavy atom. The number of fused-ring (bicyclic) bond motifs is 4. The first kappa shape index (κ1) is 17.1. The van der Waals surface area contributed by atoms with Gasteiger partial charge in [0.15, 0.2) is 0 Å². The molecule has 0 saturated carbocycles. The molecule has 0 bridgehead atoms. The molecule has 4 heterocycles. The van der Waals surface area contributed by atoms with Crippen LogP contribution in [0.15, 0.2) is 54.0 Å². The Bertz CT molecular complexity index is 1380. The summed E-state index contributed by atoms with van der Waals surface area (Å²) < 4.78 is 2.20. The number of aryl methyl sites for hydroxylation is 2. The van der Waals surface area contributed by atoms with Gasteiger partial charge >= 0.3 is 0 Å². The van der Waals surface area contributed by atoms with Crippen molar-refractivity contribution >= 4 is 33.1 Å². The van der Waals surface area contributed by atoms with Gasteiger partial charge in [-0.3, -0.25) is 0 Å². The minimum Gasteiger partial charge on any atom is -0.358 e. The van der Waals surface area contributed by atoms with Crippen molar-refractivity contribution in [2.75, 3.05) is 6.54 Å². The molecule has 0 saturated heterocycles. The molecule has 4 heteroatoms. The molecular weight excluding hydrogens is 374 g/mol. The molecule has 1 aliphatic heterocycles. The molecule has 0 radical (unpaired) electrons. The van der Waals surface area contributed by atoms with Gasteiger partial charge in [-0.15, -0.1) is 11.3 Å². The Kier molecular flexibility index (Phi) is 3.73. The van der Waals surface area contributed by atoms with E-state index in [2.05, 4.69) is 82.9 Å². The summed E-state index contributed by atoms with van der Waals surface area (Å²) >= 11 is 1.83. The number of thiophene rings is 1. The van der Waals surface area contributed by atoms with E-state index in [4.69, 9.17) is 0 Å². The molecule has 0 aliphatic carbocycles. The zero-order chi connectivity index (χ0) is 19.5. The van der Waals surface area contributed by atoms with Crippen LogP contribution < -0.4 is 5.32 Å². The highest BCUT2D eigenvalue weighted by molar-refractivity contribution is 7.14. The molecular formula is C25H23N3S. The second-order valence-corrected chi connectivity index (χ2v) is 9.02. The number of aromatic amines is 1. The van der Waals surface area contributed by atoms with Crippen molar-refractivity contribution in [3.05, 3.63) is 70.9 Å². The first-order valence-corrected chi connectivity index (χ1v) is 11.0. The summed E-state index contributed by atoms with van der Waals surface area (Å²) in [5, 5.41) is 8.41. The van der Waals surface area contributed by atoms with Gasteiger partial charge in [0.25, 0.3) is 0 Å². The topological polar surface area (TPSA) is 32.8 Å². The van der Waals surface area contributed by atoms with Crippen LogP contribution in [0, 0.1) is 6.92 Å². The lowest BCUT2D eigenvalue weighted by atomic mass is 9.96. The van der Waals surface area contributed by atoms with Crippen LogP contribution in [0.4, 0.5) is 0 Å². The zero-order valence-electron chi connectivity index (χ0n) is 16.7. The van der Waals surface area contributed by atoms with Crippen molar-refractivity contribution in [2.45, 2.75) is 19.9 Å².